The van der Waals surface area contributed by atoms with Gasteiger partial charge in [-0.3, -0.25) is 0 Å². The van der Waals surface area contributed by atoms with Crippen LogP contribution in [0.1, 0.15) is 11.2 Å². The second-order valence-corrected chi connectivity index (χ2v) is 10.0. The van der Waals surface area contributed by atoms with Crippen LogP contribution in [0.5, 0.6) is 0 Å². The Morgan fingerprint density at radius 3 is 1.67 bits per heavy atom. The van der Waals surface area contributed by atoms with Crippen LogP contribution in [-0.2, 0) is 4.57 Å². The molecular formula is C26H19N2OP. The Morgan fingerprint density at radius 2 is 1.13 bits per heavy atom. The topological polar surface area (TPSA) is 64.7 Å². The van der Waals surface area contributed by atoms with Crippen molar-refractivity contribution in [2.75, 3.05) is 0 Å². The molecule has 3 nitrogen and oxygen atoms in total. The third kappa shape index (κ3) is 3.42. The van der Waals surface area contributed by atoms with Gasteiger partial charge < -0.3 is 4.57 Å². The number of benzene rings is 4. The Bertz CT molecular complexity index is 1250. The molecule has 0 aromatic heterocycles. The van der Waals surface area contributed by atoms with Crippen LogP contribution in [0.25, 0.3) is 10.8 Å². The average molecular weight is 406 g/mol. The standard InChI is InChI=1S/C26H19N2OP/c27-18-23(19-28)26(22-16-15-20-9-7-8-10-21(20)17-22)30(29,24-11-3-1-4-12-24)25-13-5-2-6-14-25/h1-17,23,26H. The predicted octanol–water partition coefficient (Wildman–Crippen LogP) is 5.56. The molecule has 0 aliphatic carbocycles. The van der Waals surface area contributed by atoms with E-state index in [9.17, 15) is 15.1 Å². The van der Waals surface area contributed by atoms with Crippen molar-refractivity contribution in [2.45, 2.75) is 5.66 Å². The summed E-state index contributed by atoms with van der Waals surface area (Å²) in [4.78, 5) is 0. The van der Waals surface area contributed by atoms with Crippen molar-refractivity contribution >= 4 is 28.5 Å². The van der Waals surface area contributed by atoms with Crippen LogP contribution in [0, 0.1) is 28.6 Å². The third-order valence-corrected chi connectivity index (χ3v) is 8.89. The molecule has 0 fully saturated rings. The molecule has 4 aromatic carbocycles. The fourth-order valence-corrected chi connectivity index (χ4v) is 7.25. The molecule has 0 saturated carbocycles. The quantitative estimate of drug-likeness (QED) is 0.408. The largest absolute Gasteiger partial charge is 0.313 e. The highest BCUT2D eigenvalue weighted by Gasteiger charge is 2.43. The Kier molecular flexibility index (Phi) is 5.49. The minimum atomic E-state index is -3.37. The first kappa shape index (κ1) is 19.7. The minimum Gasteiger partial charge on any atom is -0.313 e. The van der Waals surface area contributed by atoms with Crippen molar-refractivity contribution < 1.29 is 4.57 Å². The molecule has 4 aromatic rings. The summed E-state index contributed by atoms with van der Waals surface area (Å²) in [5, 5.41) is 23.0. The highest BCUT2D eigenvalue weighted by Crippen LogP contribution is 2.60. The maximum atomic E-state index is 14.9. The first-order chi connectivity index (χ1) is 14.7. The lowest BCUT2D eigenvalue weighted by molar-refractivity contribution is 0.572. The average Bonchev–Trinajstić information content (AvgIpc) is 2.83. The Labute approximate surface area is 176 Å². The van der Waals surface area contributed by atoms with Gasteiger partial charge in [0.2, 0.25) is 0 Å². The molecule has 1 atom stereocenters. The van der Waals surface area contributed by atoms with Gasteiger partial charge in [-0.15, -0.1) is 0 Å². The van der Waals surface area contributed by atoms with E-state index in [1.54, 1.807) is 0 Å². The van der Waals surface area contributed by atoms with Crippen LogP contribution in [-0.4, -0.2) is 0 Å². The molecule has 0 bridgehead atoms. The summed E-state index contributed by atoms with van der Waals surface area (Å²) in [6, 6.07) is 36.4. The summed E-state index contributed by atoms with van der Waals surface area (Å²) in [6.07, 6.45) is 0. The zero-order valence-corrected chi connectivity index (χ0v) is 17.1. The van der Waals surface area contributed by atoms with E-state index in [0.717, 1.165) is 16.3 Å². The van der Waals surface area contributed by atoms with Gasteiger partial charge in [0.1, 0.15) is 5.92 Å². The molecule has 0 N–H and O–H groups in total. The molecule has 30 heavy (non-hydrogen) atoms. The molecule has 4 rings (SSSR count). The molecule has 1 unspecified atom stereocenters. The van der Waals surface area contributed by atoms with Gasteiger partial charge in [-0.25, -0.2) is 0 Å². The SMILES string of the molecule is N#CC(C#N)C(c1ccc2ccccc2c1)P(=O)(c1ccccc1)c1ccccc1. The van der Waals surface area contributed by atoms with E-state index in [-0.39, 0.29) is 0 Å². The van der Waals surface area contributed by atoms with E-state index in [4.69, 9.17) is 0 Å². The van der Waals surface area contributed by atoms with Gasteiger partial charge in [0.05, 0.1) is 17.8 Å². The minimum absolute atomic E-state index is 0.643. The number of hydrogen-bond acceptors (Lipinski definition) is 3. The lowest BCUT2D eigenvalue weighted by Gasteiger charge is -2.30. The Balaban J connectivity index is 2.03. The van der Waals surface area contributed by atoms with E-state index < -0.39 is 18.7 Å². The van der Waals surface area contributed by atoms with Crippen molar-refractivity contribution in [1.82, 2.24) is 0 Å². The molecule has 0 saturated heterocycles. The van der Waals surface area contributed by atoms with E-state index in [0.29, 0.717) is 10.6 Å². The normalized spacial score (nSPS) is 12.2. The summed E-state index contributed by atoms with van der Waals surface area (Å²) in [5.74, 6) is -1.06. The molecule has 0 spiro atoms. The van der Waals surface area contributed by atoms with Crippen LogP contribution >= 0.6 is 7.14 Å². The lowest BCUT2D eigenvalue weighted by Crippen LogP contribution is -2.25. The van der Waals surface area contributed by atoms with E-state index in [2.05, 4.69) is 12.1 Å². The highest BCUT2D eigenvalue weighted by molar-refractivity contribution is 7.79. The summed E-state index contributed by atoms with van der Waals surface area (Å²) in [7, 11) is -3.37. The van der Waals surface area contributed by atoms with Crippen molar-refractivity contribution in [3.63, 3.8) is 0 Å². The monoisotopic (exact) mass is 406 g/mol. The van der Waals surface area contributed by atoms with Gasteiger partial charge in [0.25, 0.3) is 0 Å². The summed E-state index contributed by atoms with van der Waals surface area (Å²) in [6.45, 7) is 0. The van der Waals surface area contributed by atoms with Crippen LogP contribution in [0.2, 0.25) is 0 Å². The van der Waals surface area contributed by atoms with Crippen molar-refractivity contribution in [1.29, 1.82) is 10.5 Å². The fraction of sp³-hybridized carbons (Fsp3) is 0.0769. The smallest absolute Gasteiger partial charge is 0.152 e. The number of rotatable bonds is 5. The van der Waals surface area contributed by atoms with Crippen LogP contribution in [0.15, 0.2) is 103 Å². The van der Waals surface area contributed by atoms with Gasteiger partial charge in [0, 0.05) is 10.6 Å². The second-order valence-electron chi connectivity index (χ2n) is 7.12. The van der Waals surface area contributed by atoms with Gasteiger partial charge >= 0.3 is 0 Å². The third-order valence-electron chi connectivity index (χ3n) is 5.38. The van der Waals surface area contributed by atoms with Crippen LogP contribution < -0.4 is 10.6 Å². The van der Waals surface area contributed by atoms with E-state index in [1.165, 1.54) is 0 Å². The van der Waals surface area contributed by atoms with Gasteiger partial charge in [-0.2, -0.15) is 10.5 Å². The molecule has 0 radical (unpaired) electrons. The van der Waals surface area contributed by atoms with E-state index in [1.807, 2.05) is 103 Å². The van der Waals surface area contributed by atoms with Crippen molar-refractivity contribution in [2.24, 2.45) is 5.92 Å². The van der Waals surface area contributed by atoms with Gasteiger partial charge in [-0.05, 0) is 16.3 Å². The second kappa shape index (κ2) is 8.38. The zero-order chi connectivity index (χ0) is 21.0. The Morgan fingerprint density at radius 1 is 0.633 bits per heavy atom. The molecular weight excluding hydrogens is 387 g/mol. The fourth-order valence-electron chi connectivity index (χ4n) is 3.94. The maximum absolute atomic E-state index is 14.9. The molecule has 4 heteroatoms. The van der Waals surface area contributed by atoms with Crippen LogP contribution in [0.3, 0.4) is 0 Å². The number of hydrogen-bond donors (Lipinski definition) is 0. The van der Waals surface area contributed by atoms with Crippen molar-refractivity contribution in [3.05, 3.63) is 109 Å². The summed E-state index contributed by atoms with van der Waals surface area (Å²) in [5.41, 5.74) is -0.0419. The molecule has 0 heterocycles. The Hall–Kier alpha value is -3.65. The molecule has 0 aliphatic heterocycles. The highest BCUT2D eigenvalue weighted by atomic mass is 31.2. The summed E-state index contributed by atoms with van der Waals surface area (Å²) < 4.78 is 14.9. The first-order valence-corrected chi connectivity index (χ1v) is 11.4. The lowest BCUT2D eigenvalue weighted by atomic mass is 9.98. The number of fused-ring (bicyclic) bond motifs is 1. The predicted molar refractivity (Wildman–Crippen MR) is 121 cm³/mol. The van der Waals surface area contributed by atoms with Crippen molar-refractivity contribution in [3.8, 4) is 12.1 Å². The number of nitrogens with zero attached hydrogens (tertiary/aromatic N) is 2. The summed E-state index contributed by atoms with van der Waals surface area (Å²) >= 11 is 0. The molecule has 0 aliphatic rings. The first-order valence-electron chi connectivity index (χ1n) is 9.67. The van der Waals surface area contributed by atoms with Gasteiger partial charge in [-0.1, -0.05) is 103 Å². The van der Waals surface area contributed by atoms with Crippen LogP contribution in [0.4, 0.5) is 0 Å². The number of nitriles is 2. The zero-order valence-electron chi connectivity index (χ0n) is 16.2. The molecule has 144 valence electrons. The molecule has 0 amide bonds. The van der Waals surface area contributed by atoms with Gasteiger partial charge in [0.15, 0.2) is 7.14 Å². The van der Waals surface area contributed by atoms with E-state index >= 15 is 0 Å². The maximum Gasteiger partial charge on any atom is 0.152 e.